The molecule has 0 fully saturated rings. The van der Waals surface area contributed by atoms with Crippen molar-refractivity contribution in [1.29, 1.82) is 0 Å². The molecule has 0 saturated carbocycles. The first kappa shape index (κ1) is 13.6. The van der Waals surface area contributed by atoms with Gasteiger partial charge in [-0.15, -0.1) is 5.10 Å². The van der Waals surface area contributed by atoms with Crippen molar-refractivity contribution in [3.8, 4) is 0 Å². The van der Waals surface area contributed by atoms with E-state index in [1.807, 2.05) is 6.92 Å². The van der Waals surface area contributed by atoms with Crippen LogP contribution in [0.5, 0.6) is 0 Å². The molecule has 17 heavy (non-hydrogen) atoms. The fourth-order valence-corrected chi connectivity index (χ4v) is 1.74. The summed E-state index contributed by atoms with van der Waals surface area (Å²) in [7, 11) is 0. The largest absolute Gasteiger partial charge is 0.481 e. The minimum absolute atomic E-state index is 0.0716. The molecule has 7 heteroatoms. The van der Waals surface area contributed by atoms with Gasteiger partial charge < -0.3 is 10.4 Å². The molecule has 0 aliphatic heterocycles. The monoisotopic (exact) mass is 257 g/mol. The summed E-state index contributed by atoms with van der Waals surface area (Å²) in [6, 6.07) is 0. The second kappa shape index (κ2) is 5.22. The summed E-state index contributed by atoms with van der Waals surface area (Å²) in [6.45, 7) is 5.07. The lowest BCUT2D eigenvalue weighted by molar-refractivity contribution is -0.146. The van der Waals surface area contributed by atoms with Gasteiger partial charge in [0.05, 0.1) is 11.1 Å². The van der Waals surface area contributed by atoms with E-state index in [2.05, 4.69) is 14.9 Å². The van der Waals surface area contributed by atoms with E-state index in [9.17, 15) is 9.59 Å². The van der Waals surface area contributed by atoms with Gasteiger partial charge >= 0.3 is 5.97 Å². The van der Waals surface area contributed by atoms with Gasteiger partial charge in [-0.3, -0.25) is 9.59 Å². The maximum atomic E-state index is 11.8. The van der Waals surface area contributed by atoms with E-state index in [1.54, 1.807) is 13.8 Å². The Kier molecular flexibility index (Phi) is 4.17. The first-order valence-electron chi connectivity index (χ1n) is 5.21. The number of carboxylic acids is 1. The third-order valence-electron chi connectivity index (χ3n) is 2.37. The van der Waals surface area contributed by atoms with Crippen LogP contribution in [0.15, 0.2) is 0 Å². The Hall–Kier alpha value is -1.50. The topological polar surface area (TPSA) is 92.2 Å². The summed E-state index contributed by atoms with van der Waals surface area (Å²) in [5.41, 5.74) is -0.346. The summed E-state index contributed by atoms with van der Waals surface area (Å²) in [5, 5.41) is 15.3. The highest BCUT2D eigenvalue weighted by atomic mass is 32.1. The van der Waals surface area contributed by atoms with Gasteiger partial charge in [-0.2, -0.15) is 0 Å². The number of rotatable bonds is 5. The first-order valence-corrected chi connectivity index (χ1v) is 5.98. The van der Waals surface area contributed by atoms with Crippen molar-refractivity contribution in [1.82, 2.24) is 14.9 Å². The van der Waals surface area contributed by atoms with E-state index in [0.29, 0.717) is 17.0 Å². The van der Waals surface area contributed by atoms with Crippen molar-refractivity contribution in [3.63, 3.8) is 0 Å². The van der Waals surface area contributed by atoms with Crippen molar-refractivity contribution in [2.45, 2.75) is 27.2 Å². The zero-order valence-corrected chi connectivity index (χ0v) is 10.8. The summed E-state index contributed by atoms with van der Waals surface area (Å²) < 4.78 is 3.71. The van der Waals surface area contributed by atoms with Crippen molar-refractivity contribution in [2.75, 3.05) is 6.54 Å². The quantitative estimate of drug-likeness (QED) is 0.819. The van der Waals surface area contributed by atoms with Crippen molar-refractivity contribution in [2.24, 2.45) is 5.41 Å². The normalized spacial score (nSPS) is 11.2. The lowest BCUT2D eigenvalue weighted by atomic mass is 9.94. The van der Waals surface area contributed by atoms with Crippen LogP contribution >= 0.6 is 11.5 Å². The molecule has 1 aromatic rings. The summed E-state index contributed by atoms with van der Waals surface area (Å²) in [4.78, 5) is 23.1. The minimum Gasteiger partial charge on any atom is -0.481 e. The third kappa shape index (κ3) is 3.23. The molecule has 0 unspecified atom stereocenters. The highest BCUT2D eigenvalue weighted by molar-refractivity contribution is 7.08. The summed E-state index contributed by atoms with van der Waals surface area (Å²) in [5.74, 6) is -1.26. The average molecular weight is 257 g/mol. The Morgan fingerprint density at radius 2 is 2.12 bits per heavy atom. The van der Waals surface area contributed by atoms with Crippen LogP contribution in [0.3, 0.4) is 0 Å². The number of aliphatic carboxylic acids is 1. The highest BCUT2D eigenvalue weighted by Gasteiger charge is 2.28. The molecule has 0 aromatic carbocycles. The molecular weight excluding hydrogens is 242 g/mol. The molecule has 1 aromatic heterocycles. The average Bonchev–Trinajstić information content (AvgIpc) is 2.73. The van der Waals surface area contributed by atoms with Crippen LogP contribution in [0, 0.1) is 5.41 Å². The predicted molar refractivity (Wildman–Crippen MR) is 63.0 cm³/mol. The van der Waals surface area contributed by atoms with Crippen LogP contribution in [0.25, 0.3) is 0 Å². The molecule has 1 heterocycles. The Bertz CT molecular complexity index is 428. The summed E-state index contributed by atoms with van der Waals surface area (Å²) >= 11 is 1.02. The first-order chi connectivity index (χ1) is 7.88. The molecule has 0 spiro atoms. The van der Waals surface area contributed by atoms with Gasteiger partial charge in [0.25, 0.3) is 5.91 Å². The number of aryl methyl sites for hydroxylation is 1. The van der Waals surface area contributed by atoms with Crippen molar-refractivity contribution in [3.05, 3.63) is 10.6 Å². The minimum atomic E-state index is -0.986. The molecule has 0 bridgehead atoms. The Balaban J connectivity index is 2.65. The van der Waals surface area contributed by atoms with Crippen molar-refractivity contribution < 1.29 is 14.7 Å². The van der Waals surface area contributed by atoms with E-state index in [4.69, 9.17) is 5.11 Å². The molecule has 0 aliphatic carbocycles. The maximum absolute atomic E-state index is 11.8. The number of carbonyl (C=O) groups excluding carboxylic acids is 1. The molecule has 0 radical (unpaired) electrons. The van der Waals surface area contributed by atoms with Gasteiger partial charge in [0.1, 0.15) is 4.88 Å². The van der Waals surface area contributed by atoms with Crippen LogP contribution in [0.1, 0.15) is 36.1 Å². The number of aromatic nitrogens is 2. The number of carbonyl (C=O) groups is 2. The van der Waals surface area contributed by atoms with E-state index >= 15 is 0 Å². The molecule has 2 N–H and O–H groups in total. The van der Waals surface area contributed by atoms with Gasteiger partial charge in [-0.1, -0.05) is 11.4 Å². The Morgan fingerprint density at radius 1 is 1.47 bits per heavy atom. The Morgan fingerprint density at radius 3 is 2.65 bits per heavy atom. The van der Waals surface area contributed by atoms with Crippen LogP contribution < -0.4 is 5.32 Å². The smallest absolute Gasteiger partial charge is 0.310 e. The molecule has 94 valence electrons. The Labute approximate surface area is 103 Å². The van der Waals surface area contributed by atoms with Gasteiger partial charge in [0, 0.05) is 6.54 Å². The lowest BCUT2D eigenvalue weighted by Crippen LogP contribution is -2.38. The zero-order chi connectivity index (χ0) is 13.1. The highest BCUT2D eigenvalue weighted by Crippen LogP contribution is 2.15. The van der Waals surface area contributed by atoms with E-state index in [1.165, 1.54) is 0 Å². The van der Waals surface area contributed by atoms with E-state index < -0.39 is 11.4 Å². The number of amides is 1. The number of nitrogens with one attached hydrogen (secondary N) is 1. The lowest BCUT2D eigenvalue weighted by Gasteiger charge is -2.19. The number of hydrogen-bond donors (Lipinski definition) is 2. The maximum Gasteiger partial charge on any atom is 0.310 e. The van der Waals surface area contributed by atoms with Crippen LogP contribution in [-0.4, -0.2) is 33.1 Å². The van der Waals surface area contributed by atoms with Crippen LogP contribution in [0.2, 0.25) is 0 Å². The van der Waals surface area contributed by atoms with Gasteiger partial charge in [-0.25, -0.2) is 0 Å². The molecule has 1 rings (SSSR count). The fourth-order valence-electron chi connectivity index (χ4n) is 1.07. The predicted octanol–water partition coefficient (Wildman–Crippen LogP) is 0.941. The van der Waals surface area contributed by atoms with Crippen LogP contribution in [0.4, 0.5) is 0 Å². The zero-order valence-electron chi connectivity index (χ0n) is 9.98. The molecule has 0 atom stereocenters. The SMILES string of the molecule is CCc1nnsc1C(=O)NCC(C)(C)C(=O)O. The van der Waals surface area contributed by atoms with Gasteiger partial charge in [0.15, 0.2) is 0 Å². The van der Waals surface area contributed by atoms with E-state index in [-0.39, 0.29) is 12.5 Å². The molecule has 1 amide bonds. The van der Waals surface area contributed by atoms with Crippen molar-refractivity contribution >= 4 is 23.4 Å². The molecule has 6 nitrogen and oxygen atoms in total. The molecule has 0 aliphatic rings. The fraction of sp³-hybridized carbons (Fsp3) is 0.600. The van der Waals surface area contributed by atoms with Crippen LogP contribution in [-0.2, 0) is 11.2 Å². The number of hydrogen-bond acceptors (Lipinski definition) is 5. The summed E-state index contributed by atoms with van der Waals surface area (Å²) in [6.07, 6.45) is 0.627. The second-order valence-corrected chi connectivity index (χ2v) is 5.03. The second-order valence-electron chi connectivity index (χ2n) is 4.27. The number of nitrogens with zero attached hydrogens (tertiary/aromatic N) is 2. The molecule has 0 saturated heterocycles. The third-order valence-corrected chi connectivity index (χ3v) is 3.13. The van der Waals surface area contributed by atoms with Gasteiger partial charge in [0.2, 0.25) is 0 Å². The number of carboxylic acid groups (broad SMARTS) is 1. The molecular formula is C10H15N3O3S. The van der Waals surface area contributed by atoms with Gasteiger partial charge in [-0.05, 0) is 31.8 Å². The standard InChI is InChI=1S/C10H15N3O3S/c1-4-6-7(17-13-12-6)8(14)11-5-10(2,3)9(15)16/h4-5H2,1-3H3,(H,11,14)(H,15,16). The van der Waals surface area contributed by atoms with E-state index in [0.717, 1.165) is 11.5 Å².